The highest BCUT2D eigenvalue weighted by atomic mass is 32.1. The monoisotopic (exact) mass is 311 g/mol. The first-order valence-corrected chi connectivity index (χ1v) is 8.32. The van der Waals surface area contributed by atoms with Crippen LogP contribution < -0.4 is 0 Å². The van der Waals surface area contributed by atoms with E-state index in [1.807, 2.05) is 41.9 Å². The van der Waals surface area contributed by atoms with E-state index in [9.17, 15) is 4.79 Å². The number of hydrogen-bond acceptors (Lipinski definition) is 4. The van der Waals surface area contributed by atoms with E-state index < -0.39 is 0 Å². The van der Waals surface area contributed by atoms with Crippen LogP contribution in [0, 0.1) is 6.92 Å². The minimum absolute atomic E-state index is 0.00350. The van der Waals surface area contributed by atoms with Crippen molar-refractivity contribution in [1.29, 1.82) is 0 Å². The Hall–Kier alpha value is -2.04. The van der Waals surface area contributed by atoms with Gasteiger partial charge in [0, 0.05) is 21.9 Å². The molecular formula is C17H13NOS2. The van der Waals surface area contributed by atoms with E-state index in [0.29, 0.717) is 5.56 Å². The van der Waals surface area contributed by atoms with Gasteiger partial charge in [-0.15, -0.1) is 11.3 Å². The van der Waals surface area contributed by atoms with Gasteiger partial charge in [-0.05, 0) is 36.6 Å². The van der Waals surface area contributed by atoms with E-state index >= 15 is 0 Å². The van der Waals surface area contributed by atoms with Crippen LogP contribution in [0.3, 0.4) is 0 Å². The van der Waals surface area contributed by atoms with Crippen LogP contribution in [0.25, 0.3) is 16.6 Å². The van der Waals surface area contributed by atoms with Crippen LogP contribution in [0.1, 0.15) is 21.6 Å². The molecular weight excluding hydrogens is 298 g/mol. The van der Waals surface area contributed by atoms with Crippen LogP contribution in [0.4, 0.5) is 0 Å². The van der Waals surface area contributed by atoms with Crippen molar-refractivity contribution in [3.63, 3.8) is 0 Å². The smallest absolute Gasteiger partial charge is 0.185 e. The molecule has 0 unspecified atom stereocenters. The highest BCUT2D eigenvalue weighted by Crippen LogP contribution is 2.26. The molecule has 2 heterocycles. The van der Waals surface area contributed by atoms with Crippen molar-refractivity contribution >= 4 is 34.5 Å². The molecule has 1 aromatic carbocycles. The molecule has 0 aliphatic carbocycles. The molecule has 2 aromatic heterocycles. The summed E-state index contributed by atoms with van der Waals surface area (Å²) in [6, 6.07) is 9.65. The van der Waals surface area contributed by atoms with E-state index in [1.165, 1.54) is 0 Å². The number of carbonyl (C=O) groups excluding carboxylic acids is 1. The number of aryl methyl sites for hydroxylation is 1. The SMILES string of the molecule is Cc1cccc(C(=O)C=Cc2csc(-c3ccsc3)n2)c1. The van der Waals surface area contributed by atoms with Gasteiger partial charge in [-0.1, -0.05) is 23.8 Å². The van der Waals surface area contributed by atoms with E-state index in [0.717, 1.165) is 21.8 Å². The molecule has 104 valence electrons. The minimum Gasteiger partial charge on any atom is -0.289 e. The molecule has 0 aliphatic heterocycles. The number of ketones is 1. The number of aromatic nitrogens is 1. The van der Waals surface area contributed by atoms with Crippen molar-refractivity contribution < 1.29 is 4.79 Å². The normalized spacial score (nSPS) is 11.1. The summed E-state index contributed by atoms with van der Waals surface area (Å²) in [4.78, 5) is 16.6. The fraction of sp³-hybridized carbons (Fsp3) is 0.0588. The molecule has 3 rings (SSSR count). The molecule has 0 N–H and O–H groups in total. The second-order valence-corrected chi connectivity index (χ2v) is 6.29. The number of hydrogen-bond donors (Lipinski definition) is 0. The van der Waals surface area contributed by atoms with E-state index in [-0.39, 0.29) is 5.78 Å². The van der Waals surface area contributed by atoms with Crippen molar-refractivity contribution in [2.24, 2.45) is 0 Å². The van der Waals surface area contributed by atoms with Crippen molar-refractivity contribution in [3.05, 3.63) is 69.4 Å². The number of thiazole rings is 1. The van der Waals surface area contributed by atoms with Crippen molar-refractivity contribution in [2.75, 3.05) is 0 Å². The molecule has 0 atom stereocenters. The van der Waals surface area contributed by atoms with Gasteiger partial charge in [0.15, 0.2) is 5.78 Å². The summed E-state index contributed by atoms with van der Waals surface area (Å²) in [6.45, 7) is 1.98. The highest BCUT2D eigenvalue weighted by Gasteiger charge is 2.05. The average Bonchev–Trinajstić information content (AvgIpc) is 3.15. The van der Waals surface area contributed by atoms with Crippen molar-refractivity contribution in [3.8, 4) is 10.6 Å². The Kier molecular flexibility index (Phi) is 4.08. The summed E-state index contributed by atoms with van der Waals surface area (Å²) in [7, 11) is 0. The minimum atomic E-state index is 0.00350. The van der Waals surface area contributed by atoms with E-state index in [4.69, 9.17) is 0 Å². The topological polar surface area (TPSA) is 30.0 Å². The lowest BCUT2D eigenvalue weighted by molar-refractivity contribution is 0.104. The zero-order valence-corrected chi connectivity index (χ0v) is 13.1. The largest absolute Gasteiger partial charge is 0.289 e. The summed E-state index contributed by atoms with van der Waals surface area (Å²) < 4.78 is 0. The Morgan fingerprint density at radius 1 is 1.24 bits per heavy atom. The average molecular weight is 311 g/mol. The Morgan fingerprint density at radius 2 is 2.14 bits per heavy atom. The van der Waals surface area contributed by atoms with Crippen LogP contribution >= 0.6 is 22.7 Å². The molecule has 0 aliphatic rings. The third-order valence-corrected chi connectivity index (χ3v) is 4.59. The van der Waals surface area contributed by atoms with Crippen LogP contribution in [-0.2, 0) is 0 Å². The fourth-order valence-electron chi connectivity index (χ4n) is 1.94. The summed E-state index contributed by atoms with van der Waals surface area (Å²) in [6.07, 6.45) is 3.36. The second kappa shape index (κ2) is 6.16. The van der Waals surface area contributed by atoms with Gasteiger partial charge < -0.3 is 0 Å². The molecule has 0 fully saturated rings. The predicted octanol–water partition coefficient (Wildman–Crippen LogP) is 5.08. The molecule has 2 nitrogen and oxygen atoms in total. The van der Waals surface area contributed by atoms with Crippen molar-refractivity contribution in [2.45, 2.75) is 6.92 Å². The fourth-order valence-corrected chi connectivity index (χ4v) is 3.44. The summed E-state index contributed by atoms with van der Waals surface area (Å²) in [5.74, 6) is 0.00350. The van der Waals surface area contributed by atoms with Gasteiger partial charge in [0.1, 0.15) is 5.01 Å². The van der Waals surface area contributed by atoms with Crippen LogP contribution in [0.15, 0.2) is 52.5 Å². The van der Waals surface area contributed by atoms with Gasteiger partial charge in [-0.25, -0.2) is 4.98 Å². The number of rotatable bonds is 4. The van der Waals surface area contributed by atoms with Crippen LogP contribution in [-0.4, -0.2) is 10.8 Å². The summed E-state index contributed by atoms with van der Waals surface area (Å²) in [5, 5.41) is 7.06. The van der Waals surface area contributed by atoms with E-state index in [2.05, 4.69) is 16.4 Å². The molecule has 0 radical (unpaired) electrons. The predicted molar refractivity (Wildman–Crippen MR) is 90.0 cm³/mol. The molecule has 3 aromatic rings. The first kappa shape index (κ1) is 13.9. The maximum atomic E-state index is 12.1. The lowest BCUT2D eigenvalue weighted by Gasteiger charge is -1.96. The van der Waals surface area contributed by atoms with Gasteiger partial charge in [-0.3, -0.25) is 4.79 Å². The summed E-state index contributed by atoms with van der Waals surface area (Å²) >= 11 is 3.25. The van der Waals surface area contributed by atoms with Crippen LogP contribution in [0.2, 0.25) is 0 Å². The molecule has 0 amide bonds. The van der Waals surface area contributed by atoms with Gasteiger partial charge in [-0.2, -0.15) is 11.3 Å². The maximum absolute atomic E-state index is 12.1. The summed E-state index contributed by atoms with van der Waals surface area (Å²) in [5.41, 5.74) is 3.75. The zero-order valence-electron chi connectivity index (χ0n) is 11.4. The van der Waals surface area contributed by atoms with E-state index in [1.54, 1.807) is 34.8 Å². The lowest BCUT2D eigenvalue weighted by atomic mass is 10.1. The molecule has 4 heteroatoms. The first-order valence-electron chi connectivity index (χ1n) is 6.49. The molecule has 0 bridgehead atoms. The van der Waals surface area contributed by atoms with Gasteiger partial charge in [0.25, 0.3) is 0 Å². The highest BCUT2D eigenvalue weighted by molar-refractivity contribution is 7.14. The number of carbonyl (C=O) groups is 1. The Labute approximate surface area is 131 Å². The van der Waals surface area contributed by atoms with Gasteiger partial charge in [0.2, 0.25) is 0 Å². The van der Waals surface area contributed by atoms with Gasteiger partial charge >= 0.3 is 0 Å². The quantitative estimate of drug-likeness (QED) is 0.497. The third kappa shape index (κ3) is 3.35. The third-order valence-electron chi connectivity index (χ3n) is 3.00. The van der Waals surface area contributed by atoms with Crippen molar-refractivity contribution in [1.82, 2.24) is 4.98 Å². The number of thiophene rings is 1. The lowest BCUT2D eigenvalue weighted by Crippen LogP contribution is -1.94. The zero-order chi connectivity index (χ0) is 14.7. The maximum Gasteiger partial charge on any atom is 0.185 e. The molecule has 0 saturated heterocycles. The Balaban J connectivity index is 1.76. The Morgan fingerprint density at radius 3 is 2.90 bits per heavy atom. The van der Waals surface area contributed by atoms with Gasteiger partial charge in [0.05, 0.1) is 5.69 Å². The van der Waals surface area contributed by atoms with Crippen LogP contribution in [0.5, 0.6) is 0 Å². The molecule has 21 heavy (non-hydrogen) atoms. The first-order chi connectivity index (χ1) is 10.2. The molecule has 0 saturated carbocycles. The molecule has 0 spiro atoms. The number of nitrogens with zero attached hydrogens (tertiary/aromatic N) is 1. The number of benzene rings is 1. The Bertz CT molecular complexity index is 785. The second-order valence-electron chi connectivity index (χ2n) is 4.66. The standard InChI is InChI=1S/C17H13NOS2/c1-12-3-2-4-13(9-12)16(19)6-5-15-11-21-17(18-15)14-7-8-20-10-14/h2-11H,1H3. The number of allylic oxidation sites excluding steroid dienone is 1.